The summed E-state index contributed by atoms with van der Waals surface area (Å²) in [7, 11) is 0. The molecule has 0 aromatic heterocycles. The van der Waals surface area contributed by atoms with E-state index in [1.807, 2.05) is 0 Å². The molecule has 10 heavy (non-hydrogen) atoms. The molecule has 1 aliphatic heterocycles. The van der Waals surface area contributed by atoms with Gasteiger partial charge in [-0.15, -0.1) is 0 Å². The van der Waals surface area contributed by atoms with E-state index >= 15 is 0 Å². The molecule has 2 fully saturated rings. The molecule has 3 unspecified atom stereocenters. The first-order valence-electron chi connectivity index (χ1n) is 4.48. The van der Waals surface area contributed by atoms with Crippen LogP contribution in [-0.4, -0.2) is 12.7 Å². The van der Waals surface area contributed by atoms with Crippen molar-refractivity contribution in [3.8, 4) is 0 Å². The molecule has 0 aromatic rings. The van der Waals surface area contributed by atoms with E-state index in [2.05, 4.69) is 6.92 Å². The van der Waals surface area contributed by atoms with Crippen molar-refractivity contribution in [1.82, 2.24) is 0 Å². The Morgan fingerprint density at radius 3 is 3.00 bits per heavy atom. The first-order chi connectivity index (χ1) is 4.86. The molecule has 1 aliphatic carbocycles. The van der Waals surface area contributed by atoms with Crippen molar-refractivity contribution in [2.24, 2.45) is 11.8 Å². The van der Waals surface area contributed by atoms with Gasteiger partial charge in [0.25, 0.3) is 0 Å². The summed E-state index contributed by atoms with van der Waals surface area (Å²) >= 11 is 0. The predicted molar refractivity (Wildman–Crippen MR) is 40.9 cm³/mol. The lowest BCUT2D eigenvalue weighted by Gasteiger charge is -2.28. The van der Waals surface area contributed by atoms with Crippen molar-refractivity contribution >= 4 is 0 Å². The fourth-order valence-corrected chi connectivity index (χ4v) is 2.36. The highest BCUT2D eigenvalue weighted by Crippen LogP contribution is 2.36. The Hall–Kier alpha value is -0.0400. The highest BCUT2D eigenvalue weighted by molar-refractivity contribution is 4.82. The van der Waals surface area contributed by atoms with Gasteiger partial charge in [-0.2, -0.15) is 0 Å². The molecule has 2 rings (SSSR count). The molecule has 0 spiro atoms. The fourth-order valence-electron chi connectivity index (χ4n) is 2.36. The Morgan fingerprint density at radius 1 is 1.20 bits per heavy atom. The SMILES string of the molecule is CC1CCC2OCCC2C1. The van der Waals surface area contributed by atoms with Crippen LogP contribution in [0.25, 0.3) is 0 Å². The van der Waals surface area contributed by atoms with E-state index in [0.29, 0.717) is 6.10 Å². The Bertz CT molecular complexity index is 122. The summed E-state index contributed by atoms with van der Waals surface area (Å²) in [4.78, 5) is 0. The highest BCUT2D eigenvalue weighted by atomic mass is 16.5. The molecule has 58 valence electrons. The number of fused-ring (bicyclic) bond motifs is 1. The molecule has 3 atom stereocenters. The van der Waals surface area contributed by atoms with Crippen LogP contribution >= 0.6 is 0 Å². The lowest BCUT2D eigenvalue weighted by molar-refractivity contribution is 0.0542. The smallest absolute Gasteiger partial charge is 0.0604 e. The van der Waals surface area contributed by atoms with Crippen LogP contribution in [0.2, 0.25) is 0 Å². The normalized spacial score (nSPS) is 47.1. The zero-order valence-electron chi connectivity index (χ0n) is 6.68. The molecule has 1 heterocycles. The van der Waals surface area contributed by atoms with Gasteiger partial charge < -0.3 is 4.74 Å². The van der Waals surface area contributed by atoms with E-state index < -0.39 is 0 Å². The molecule has 1 heteroatoms. The largest absolute Gasteiger partial charge is 0.378 e. The second kappa shape index (κ2) is 2.54. The third-order valence-corrected chi connectivity index (χ3v) is 3.00. The molecule has 0 radical (unpaired) electrons. The quantitative estimate of drug-likeness (QED) is 0.501. The van der Waals surface area contributed by atoms with E-state index in [1.54, 1.807) is 0 Å². The molecule has 1 saturated heterocycles. The van der Waals surface area contributed by atoms with Crippen LogP contribution < -0.4 is 0 Å². The number of hydrogen-bond donors (Lipinski definition) is 0. The van der Waals surface area contributed by atoms with E-state index in [9.17, 15) is 0 Å². The Labute approximate surface area is 62.8 Å². The minimum atomic E-state index is 0.649. The van der Waals surface area contributed by atoms with Crippen LogP contribution in [-0.2, 0) is 4.74 Å². The predicted octanol–water partition coefficient (Wildman–Crippen LogP) is 2.21. The second-order valence-electron chi connectivity index (χ2n) is 3.88. The van der Waals surface area contributed by atoms with Crippen LogP contribution in [0, 0.1) is 11.8 Å². The molecule has 0 aromatic carbocycles. The van der Waals surface area contributed by atoms with Crippen LogP contribution in [0.1, 0.15) is 32.6 Å². The maximum Gasteiger partial charge on any atom is 0.0604 e. The van der Waals surface area contributed by atoms with Crippen molar-refractivity contribution in [3.05, 3.63) is 0 Å². The minimum absolute atomic E-state index is 0.649. The minimum Gasteiger partial charge on any atom is -0.378 e. The van der Waals surface area contributed by atoms with Crippen molar-refractivity contribution in [2.75, 3.05) is 6.61 Å². The molecular formula is C9H16O. The van der Waals surface area contributed by atoms with Gasteiger partial charge in [0.05, 0.1) is 6.10 Å². The summed E-state index contributed by atoms with van der Waals surface area (Å²) in [6, 6.07) is 0. The van der Waals surface area contributed by atoms with Crippen LogP contribution in [0.15, 0.2) is 0 Å². The molecule has 0 N–H and O–H groups in total. The van der Waals surface area contributed by atoms with Crippen molar-refractivity contribution < 1.29 is 4.74 Å². The summed E-state index contributed by atoms with van der Waals surface area (Å²) in [5, 5.41) is 0. The van der Waals surface area contributed by atoms with E-state index in [-0.39, 0.29) is 0 Å². The monoisotopic (exact) mass is 140 g/mol. The first-order valence-corrected chi connectivity index (χ1v) is 4.48. The molecule has 1 saturated carbocycles. The molecule has 2 aliphatic rings. The number of rotatable bonds is 0. The van der Waals surface area contributed by atoms with Gasteiger partial charge in [0.1, 0.15) is 0 Å². The summed E-state index contributed by atoms with van der Waals surface area (Å²) in [6.45, 7) is 3.40. The van der Waals surface area contributed by atoms with Crippen molar-refractivity contribution in [1.29, 1.82) is 0 Å². The van der Waals surface area contributed by atoms with Crippen LogP contribution in [0.5, 0.6) is 0 Å². The van der Waals surface area contributed by atoms with Crippen LogP contribution in [0.4, 0.5) is 0 Å². The topological polar surface area (TPSA) is 9.23 Å². The zero-order chi connectivity index (χ0) is 6.97. The lowest BCUT2D eigenvalue weighted by atomic mass is 9.80. The Morgan fingerprint density at radius 2 is 2.10 bits per heavy atom. The molecule has 0 amide bonds. The summed E-state index contributed by atoms with van der Waals surface area (Å²) in [6.07, 6.45) is 6.11. The molecule has 0 bridgehead atoms. The average Bonchev–Trinajstić information content (AvgIpc) is 2.33. The standard InChI is InChI=1S/C9H16O/c1-7-2-3-9-8(6-7)4-5-10-9/h7-9H,2-6H2,1H3. The Kier molecular flexibility index (Phi) is 1.69. The van der Waals surface area contributed by atoms with Gasteiger partial charge >= 0.3 is 0 Å². The van der Waals surface area contributed by atoms with Gasteiger partial charge in [-0.25, -0.2) is 0 Å². The maximum absolute atomic E-state index is 5.61. The van der Waals surface area contributed by atoms with Gasteiger partial charge in [-0.1, -0.05) is 6.92 Å². The van der Waals surface area contributed by atoms with Crippen molar-refractivity contribution in [2.45, 2.75) is 38.7 Å². The van der Waals surface area contributed by atoms with Gasteiger partial charge in [0, 0.05) is 6.61 Å². The zero-order valence-corrected chi connectivity index (χ0v) is 6.68. The highest BCUT2D eigenvalue weighted by Gasteiger charge is 2.32. The molecule has 1 nitrogen and oxygen atoms in total. The first kappa shape index (κ1) is 6.66. The van der Waals surface area contributed by atoms with Crippen molar-refractivity contribution in [3.63, 3.8) is 0 Å². The maximum atomic E-state index is 5.61. The van der Waals surface area contributed by atoms with E-state index in [4.69, 9.17) is 4.74 Å². The summed E-state index contributed by atoms with van der Waals surface area (Å²) in [5.74, 6) is 1.88. The van der Waals surface area contributed by atoms with E-state index in [0.717, 1.165) is 18.4 Å². The number of hydrogen-bond acceptors (Lipinski definition) is 1. The van der Waals surface area contributed by atoms with Crippen LogP contribution in [0.3, 0.4) is 0 Å². The van der Waals surface area contributed by atoms with Gasteiger partial charge in [-0.3, -0.25) is 0 Å². The second-order valence-corrected chi connectivity index (χ2v) is 3.88. The third-order valence-electron chi connectivity index (χ3n) is 3.00. The van der Waals surface area contributed by atoms with E-state index in [1.165, 1.54) is 25.7 Å². The fraction of sp³-hybridized carbons (Fsp3) is 1.00. The van der Waals surface area contributed by atoms with Gasteiger partial charge in [0.2, 0.25) is 0 Å². The van der Waals surface area contributed by atoms with Gasteiger partial charge in [0.15, 0.2) is 0 Å². The number of ether oxygens (including phenoxy) is 1. The Balaban J connectivity index is 1.96. The lowest BCUT2D eigenvalue weighted by Crippen LogP contribution is -2.24. The third kappa shape index (κ3) is 1.07. The summed E-state index contributed by atoms with van der Waals surface area (Å²) in [5.41, 5.74) is 0. The average molecular weight is 140 g/mol. The summed E-state index contributed by atoms with van der Waals surface area (Å²) < 4.78 is 5.61. The van der Waals surface area contributed by atoms with Gasteiger partial charge in [-0.05, 0) is 37.5 Å². The molecular weight excluding hydrogens is 124 g/mol.